The van der Waals surface area contributed by atoms with Gasteiger partial charge in [-0.3, -0.25) is 14.1 Å². The monoisotopic (exact) mass is 507 g/mol. The van der Waals surface area contributed by atoms with Crippen molar-refractivity contribution in [2.45, 2.75) is 19.1 Å². The molecule has 0 bridgehead atoms. The van der Waals surface area contributed by atoms with Gasteiger partial charge < -0.3 is 14.2 Å². The lowest BCUT2D eigenvalue weighted by Crippen LogP contribution is -2.19. The first-order valence-electron chi connectivity index (χ1n) is 10.9. The van der Waals surface area contributed by atoms with E-state index in [1.54, 1.807) is 69.5 Å². The van der Waals surface area contributed by atoms with Gasteiger partial charge in [-0.1, -0.05) is 12.1 Å². The van der Waals surface area contributed by atoms with Crippen LogP contribution in [0.2, 0.25) is 0 Å². The SMILES string of the molecule is COc1cccc(-c2nnc(NSC(C)C(=O)c3ncc(C)cn3)n2-c2c(OC)cccc2OC)n1. The molecule has 11 nitrogen and oxygen atoms in total. The van der Waals surface area contributed by atoms with Crippen molar-refractivity contribution < 1.29 is 19.0 Å². The van der Waals surface area contributed by atoms with Crippen LogP contribution in [0.1, 0.15) is 23.1 Å². The summed E-state index contributed by atoms with van der Waals surface area (Å²) in [6, 6.07) is 10.8. The molecule has 0 saturated carbocycles. The molecule has 1 unspecified atom stereocenters. The van der Waals surface area contributed by atoms with E-state index in [0.717, 1.165) is 17.5 Å². The predicted molar refractivity (Wildman–Crippen MR) is 136 cm³/mol. The molecule has 1 aromatic carbocycles. The number of carbonyl (C=O) groups excluding carboxylic acids is 1. The number of para-hydroxylation sites is 1. The Hall–Kier alpha value is -4.19. The van der Waals surface area contributed by atoms with E-state index in [0.29, 0.717) is 40.5 Å². The molecule has 12 heteroatoms. The highest BCUT2D eigenvalue weighted by Gasteiger charge is 2.25. The fourth-order valence-electron chi connectivity index (χ4n) is 3.33. The number of aromatic nitrogens is 6. The zero-order chi connectivity index (χ0) is 25.7. The molecule has 1 N–H and O–H groups in total. The quantitative estimate of drug-likeness (QED) is 0.249. The number of nitrogens with zero attached hydrogens (tertiary/aromatic N) is 6. The van der Waals surface area contributed by atoms with E-state index in [9.17, 15) is 4.79 Å². The van der Waals surface area contributed by atoms with Crippen LogP contribution in [0, 0.1) is 6.92 Å². The van der Waals surface area contributed by atoms with Crippen LogP contribution in [-0.4, -0.2) is 62.1 Å². The predicted octanol–water partition coefficient (Wildman–Crippen LogP) is 3.79. The number of anilines is 1. The van der Waals surface area contributed by atoms with E-state index >= 15 is 0 Å². The maximum absolute atomic E-state index is 12.8. The zero-order valence-electron chi connectivity index (χ0n) is 20.4. The number of aryl methyl sites for hydroxylation is 1. The summed E-state index contributed by atoms with van der Waals surface area (Å²) < 4.78 is 21.4. The fraction of sp³-hybridized carbons (Fsp3) is 0.250. The Bertz CT molecular complexity index is 1340. The van der Waals surface area contributed by atoms with E-state index in [1.165, 1.54) is 0 Å². The highest BCUT2D eigenvalue weighted by molar-refractivity contribution is 8.01. The summed E-state index contributed by atoms with van der Waals surface area (Å²) >= 11 is 1.16. The smallest absolute Gasteiger partial charge is 0.239 e. The third-order valence-corrected chi connectivity index (χ3v) is 6.02. The van der Waals surface area contributed by atoms with E-state index in [-0.39, 0.29) is 11.6 Å². The molecule has 4 rings (SSSR count). The molecule has 0 aliphatic carbocycles. The molecule has 1 atom stereocenters. The Kier molecular flexibility index (Phi) is 7.64. The number of ether oxygens (including phenoxy) is 3. The molecule has 4 aromatic rings. The summed E-state index contributed by atoms with van der Waals surface area (Å²) in [5.41, 5.74) is 1.96. The third-order valence-electron chi connectivity index (χ3n) is 5.15. The number of rotatable bonds is 10. The van der Waals surface area contributed by atoms with Crippen molar-refractivity contribution in [1.29, 1.82) is 0 Å². The molecule has 0 aliphatic rings. The fourth-order valence-corrected chi connectivity index (χ4v) is 3.96. The third kappa shape index (κ3) is 5.08. The number of nitrogens with one attached hydrogen (secondary N) is 1. The molecule has 0 fully saturated rings. The molecule has 36 heavy (non-hydrogen) atoms. The van der Waals surface area contributed by atoms with Gasteiger partial charge in [0.25, 0.3) is 0 Å². The Morgan fingerprint density at radius 1 is 0.972 bits per heavy atom. The average molecular weight is 508 g/mol. The summed E-state index contributed by atoms with van der Waals surface area (Å²) in [6.07, 6.45) is 3.23. The molecule has 3 heterocycles. The second kappa shape index (κ2) is 11.0. The molecule has 0 aliphatic heterocycles. The van der Waals surface area contributed by atoms with E-state index in [1.807, 2.05) is 19.1 Å². The molecule has 0 amide bonds. The van der Waals surface area contributed by atoms with Gasteiger partial charge in [-0.15, -0.1) is 10.2 Å². The first-order valence-corrected chi connectivity index (χ1v) is 11.8. The summed E-state index contributed by atoms with van der Waals surface area (Å²) in [5, 5.41) is 8.20. The van der Waals surface area contributed by atoms with Gasteiger partial charge in [0.15, 0.2) is 11.6 Å². The van der Waals surface area contributed by atoms with Crippen molar-refractivity contribution >= 4 is 23.7 Å². The minimum absolute atomic E-state index is 0.150. The number of benzene rings is 1. The highest BCUT2D eigenvalue weighted by atomic mass is 32.2. The second-order valence-corrected chi connectivity index (χ2v) is 8.72. The first kappa shape index (κ1) is 24.9. The maximum Gasteiger partial charge on any atom is 0.239 e. The number of ketones is 1. The van der Waals surface area contributed by atoms with Crippen molar-refractivity contribution in [3.05, 3.63) is 60.2 Å². The van der Waals surface area contributed by atoms with Gasteiger partial charge in [0.05, 0.1) is 26.6 Å². The van der Waals surface area contributed by atoms with Gasteiger partial charge in [0.2, 0.25) is 17.6 Å². The number of methoxy groups -OCH3 is 3. The first-order chi connectivity index (χ1) is 17.5. The molecule has 0 radical (unpaired) electrons. The van der Waals surface area contributed by atoms with Crippen LogP contribution in [0.4, 0.5) is 5.95 Å². The number of pyridine rings is 1. The van der Waals surface area contributed by atoms with Gasteiger partial charge in [-0.25, -0.2) is 15.0 Å². The van der Waals surface area contributed by atoms with Gasteiger partial charge in [-0.2, -0.15) is 0 Å². The van der Waals surface area contributed by atoms with Gasteiger partial charge >= 0.3 is 0 Å². The molecular formula is C24H25N7O4S. The normalized spacial score (nSPS) is 11.6. The summed E-state index contributed by atoms with van der Waals surface area (Å²) in [7, 11) is 4.67. The van der Waals surface area contributed by atoms with Gasteiger partial charge in [-0.05, 0) is 49.6 Å². The van der Waals surface area contributed by atoms with Crippen molar-refractivity contribution in [1.82, 2.24) is 29.7 Å². The number of Topliss-reactive ketones (excluding diaryl/α,β-unsaturated/α-hetero) is 1. The second-order valence-electron chi connectivity index (χ2n) is 7.57. The summed E-state index contributed by atoms with van der Waals surface area (Å²) in [6.45, 7) is 3.62. The largest absolute Gasteiger partial charge is 0.494 e. The summed E-state index contributed by atoms with van der Waals surface area (Å²) in [4.78, 5) is 25.6. The topological polar surface area (TPSA) is 126 Å². The standard InChI is InChI=1S/C24H25N7O4S/c1-14-12-25-22(26-13-14)21(32)15(2)36-30-24-29-28-23(16-8-6-11-19(27-16)35-5)31(24)20-17(33-3)9-7-10-18(20)34-4/h6-13,15H,1-5H3,(H,29,30). The zero-order valence-corrected chi connectivity index (χ0v) is 21.2. The number of hydrogen-bond donors (Lipinski definition) is 1. The Morgan fingerprint density at radius 3 is 2.28 bits per heavy atom. The maximum atomic E-state index is 12.8. The van der Waals surface area contributed by atoms with Crippen molar-refractivity contribution in [3.8, 4) is 34.6 Å². The van der Waals surface area contributed by atoms with Crippen LogP contribution in [0.3, 0.4) is 0 Å². The average Bonchev–Trinajstić information content (AvgIpc) is 3.34. The molecule has 0 spiro atoms. The van der Waals surface area contributed by atoms with Gasteiger partial charge in [0.1, 0.15) is 22.9 Å². The minimum atomic E-state index is -0.518. The molecular weight excluding hydrogens is 482 g/mol. The lowest BCUT2D eigenvalue weighted by molar-refractivity contribution is 0.0984. The summed E-state index contributed by atoms with van der Waals surface area (Å²) in [5.74, 6) is 2.18. The van der Waals surface area contributed by atoms with Crippen LogP contribution in [0.15, 0.2) is 48.8 Å². The van der Waals surface area contributed by atoms with Crippen LogP contribution >= 0.6 is 11.9 Å². The van der Waals surface area contributed by atoms with E-state index in [4.69, 9.17) is 14.2 Å². The van der Waals surface area contributed by atoms with Crippen LogP contribution < -0.4 is 18.9 Å². The van der Waals surface area contributed by atoms with E-state index in [2.05, 4.69) is 29.9 Å². The van der Waals surface area contributed by atoms with Gasteiger partial charge in [0, 0.05) is 18.5 Å². The lowest BCUT2D eigenvalue weighted by Gasteiger charge is -2.18. The van der Waals surface area contributed by atoms with Crippen molar-refractivity contribution in [3.63, 3.8) is 0 Å². The van der Waals surface area contributed by atoms with Crippen LogP contribution in [0.25, 0.3) is 17.2 Å². The molecule has 3 aromatic heterocycles. The number of carbonyl (C=O) groups is 1. The van der Waals surface area contributed by atoms with Crippen LogP contribution in [-0.2, 0) is 0 Å². The number of hydrogen-bond acceptors (Lipinski definition) is 11. The Balaban J connectivity index is 1.74. The molecule has 0 saturated heterocycles. The highest BCUT2D eigenvalue weighted by Crippen LogP contribution is 2.38. The van der Waals surface area contributed by atoms with Crippen molar-refractivity contribution in [2.24, 2.45) is 0 Å². The Morgan fingerprint density at radius 2 is 1.64 bits per heavy atom. The van der Waals surface area contributed by atoms with E-state index < -0.39 is 5.25 Å². The molecule has 186 valence electrons. The van der Waals surface area contributed by atoms with Crippen molar-refractivity contribution in [2.75, 3.05) is 26.1 Å². The minimum Gasteiger partial charge on any atom is -0.494 e. The Labute approximate surface area is 212 Å². The van der Waals surface area contributed by atoms with Crippen LogP contribution in [0.5, 0.6) is 17.4 Å². The lowest BCUT2D eigenvalue weighted by atomic mass is 10.2.